The Morgan fingerprint density at radius 3 is 2.88 bits per heavy atom. The number of aromatic nitrogens is 2. The fourth-order valence-electron chi connectivity index (χ4n) is 1.99. The van der Waals surface area contributed by atoms with Crippen molar-refractivity contribution >= 4 is 28.4 Å². The summed E-state index contributed by atoms with van der Waals surface area (Å²) in [5.41, 5.74) is 0. The van der Waals surface area contributed by atoms with Gasteiger partial charge in [-0.05, 0) is 35.4 Å². The predicted molar refractivity (Wildman–Crippen MR) is 73.0 cm³/mol. The maximum Gasteiger partial charge on any atom is 0.145 e. The van der Waals surface area contributed by atoms with Gasteiger partial charge in [-0.3, -0.25) is 0 Å². The van der Waals surface area contributed by atoms with Gasteiger partial charge < -0.3 is 14.7 Å². The minimum absolute atomic E-state index is 0.101. The molecule has 0 atom stereocenters. The Hall–Kier alpha value is -0.470. The predicted octanol–water partition coefficient (Wildman–Crippen LogP) is 1.06. The summed E-state index contributed by atoms with van der Waals surface area (Å²) < 4.78 is 6.62. The van der Waals surface area contributed by atoms with E-state index in [2.05, 4.69) is 37.5 Å². The molecule has 6 heteroatoms. The molecule has 2 heterocycles. The zero-order chi connectivity index (χ0) is 12.1. The van der Waals surface area contributed by atoms with Crippen LogP contribution in [0.15, 0.2) is 12.5 Å². The van der Waals surface area contributed by atoms with E-state index in [0.29, 0.717) is 6.61 Å². The average Bonchev–Trinajstić information content (AvgIpc) is 2.38. The van der Waals surface area contributed by atoms with E-state index >= 15 is 0 Å². The van der Waals surface area contributed by atoms with E-state index in [1.165, 1.54) is 0 Å². The summed E-state index contributed by atoms with van der Waals surface area (Å²) in [5.74, 6) is 1.02. The van der Waals surface area contributed by atoms with Crippen molar-refractivity contribution in [1.29, 1.82) is 0 Å². The number of anilines is 1. The van der Waals surface area contributed by atoms with Crippen molar-refractivity contribution in [3.63, 3.8) is 0 Å². The van der Waals surface area contributed by atoms with E-state index in [4.69, 9.17) is 9.84 Å². The van der Waals surface area contributed by atoms with E-state index < -0.39 is 0 Å². The number of aliphatic hydroxyl groups is 1. The fourth-order valence-corrected chi connectivity index (χ4v) is 2.63. The Kier molecular flexibility index (Phi) is 4.93. The smallest absolute Gasteiger partial charge is 0.145 e. The number of ether oxygens (including phenoxy) is 1. The molecule has 0 spiro atoms. The molecule has 1 aromatic rings. The van der Waals surface area contributed by atoms with Crippen molar-refractivity contribution < 1.29 is 9.84 Å². The molecule has 0 bridgehead atoms. The molecular weight excluding hydrogens is 333 g/mol. The number of rotatable bonds is 4. The van der Waals surface area contributed by atoms with Crippen LogP contribution < -0.4 is 4.90 Å². The van der Waals surface area contributed by atoms with E-state index in [0.717, 1.165) is 35.3 Å². The van der Waals surface area contributed by atoms with E-state index in [1.807, 2.05) is 6.20 Å². The molecule has 5 nitrogen and oxygen atoms in total. The summed E-state index contributed by atoms with van der Waals surface area (Å²) in [4.78, 5) is 10.6. The van der Waals surface area contributed by atoms with Crippen molar-refractivity contribution in [1.82, 2.24) is 9.97 Å². The average molecular weight is 349 g/mol. The first-order valence-electron chi connectivity index (χ1n) is 5.74. The van der Waals surface area contributed by atoms with Crippen LogP contribution in [-0.2, 0) is 4.74 Å². The van der Waals surface area contributed by atoms with Crippen LogP contribution in [0.2, 0.25) is 0 Å². The molecule has 17 heavy (non-hydrogen) atoms. The number of hydrogen-bond donors (Lipinski definition) is 1. The number of aliphatic hydroxyl groups excluding tert-OH is 1. The van der Waals surface area contributed by atoms with Gasteiger partial charge in [-0.2, -0.15) is 0 Å². The maximum absolute atomic E-state index is 8.71. The number of hydrogen-bond acceptors (Lipinski definition) is 5. The highest BCUT2D eigenvalue weighted by molar-refractivity contribution is 14.1. The molecular formula is C11H16IN3O2. The van der Waals surface area contributed by atoms with Gasteiger partial charge in [0.1, 0.15) is 12.1 Å². The van der Waals surface area contributed by atoms with E-state index in [1.54, 1.807) is 6.33 Å². The second-order valence-corrected chi connectivity index (χ2v) is 5.14. The Morgan fingerprint density at radius 1 is 1.47 bits per heavy atom. The largest absolute Gasteiger partial charge is 0.394 e. The second kappa shape index (κ2) is 6.46. The molecule has 1 fully saturated rings. The molecule has 0 unspecified atom stereocenters. The second-order valence-electron chi connectivity index (χ2n) is 3.98. The van der Waals surface area contributed by atoms with Crippen LogP contribution in [0.25, 0.3) is 0 Å². The summed E-state index contributed by atoms with van der Waals surface area (Å²) in [5, 5.41) is 8.71. The molecule has 0 aromatic carbocycles. The third-order valence-electron chi connectivity index (χ3n) is 2.83. The van der Waals surface area contributed by atoms with Crippen molar-refractivity contribution in [2.24, 2.45) is 0 Å². The van der Waals surface area contributed by atoms with Crippen LogP contribution in [0.5, 0.6) is 0 Å². The molecule has 1 N–H and O–H groups in total. The Morgan fingerprint density at radius 2 is 2.24 bits per heavy atom. The first kappa shape index (κ1) is 13.0. The molecule has 2 rings (SSSR count). The van der Waals surface area contributed by atoms with Crippen molar-refractivity contribution in [3.8, 4) is 0 Å². The quantitative estimate of drug-likeness (QED) is 0.824. The minimum Gasteiger partial charge on any atom is -0.394 e. The van der Waals surface area contributed by atoms with Gasteiger partial charge in [0.15, 0.2) is 0 Å². The number of nitrogens with zero attached hydrogens (tertiary/aromatic N) is 3. The minimum atomic E-state index is 0.101. The molecule has 1 aliphatic rings. The molecule has 1 saturated heterocycles. The highest BCUT2D eigenvalue weighted by Gasteiger charge is 2.21. The summed E-state index contributed by atoms with van der Waals surface area (Å²) in [7, 11) is 0. The lowest BCUT2D eigenvalue weighted by atomic mass is 10.1. The zero-order valence-electron chi connectivity index (χ0n) is 9.55. The lowest BCUT2D eigenvalue weighted by molar-refractivity contribution is 0.0158. The molecule has 0 aliphatic carbocycles. The number of piperidine rings is 1. The van der Waals surface area contributed by atoms with Crippen molar-refractivity contribution in [2.75, 3.05) is 31.2 Å². The van der Waals surface area contributed by atoms with Gasteiger partial charge in [0, 0.05) is 19.3 Å². The van der Waals surface area contributed by atoms with Crippen LogP contribution >= 0.6 is 22.6 Å². The third-order valence-corrected chi connectivity index (χ3v) is 3.60. The van der Waals surface area contributed by atoms with E-state index in [9.17, 15) is 0 Å². The Balaban J connectivity index is 1.89. The van der Waals surface area contributed by atoms with Gasteiger partial charge in [-0.15, -0.1) is 0 Å². The zero-order valence-corrected chi connectivity index (χ0v) is 11.7. The molecule has 0 radical (unpaired) electrons. The van der Waals surface area contributed by atoms with Crippen LogP contribution in [0, 0.1) is 3.57 Å². The van der Waals surface area contributed by atoms with Gasteiger partial charge in [-0.25, -0.2) is 9.97 Å². The first-order chi connectivity index (χ1) is 8.31. The van der Waals surface area contributed by atoms with Gasteiger partial charge in [0.05, 0.1) is 22.9 Å². The number of halogens is 1. The van der Waals surface area contributed by atoms with Gasteiger partial charge in [-0.1, -0.05) is 0 Å². The highest BCUT2D eigenvalue weighted by atomic mass is 127. The Bertz CT molecular complexity index is 356. The molecule has 1 aromatic heterocycles. The van der Waals surface area contributed by atoms with Crippen LogP contribution in [0.1, 0.15) is 12.8 Å². The molecule has 0 amide bonds. The maximum atomic E-state index is 8.71. The topological polar surface area (TPSA) is 58.5 Å². The molecule has 0 saturated carbocycles. The van der Waals surface area contributed by atoms with Crippen molar-refractivity contribution in [3.05, 3.63) is 16.1 Å². The summed E-state index contributed by atoms with van der Waals surface area (Å²) in [6.07, 6.45) is 5.67. The van der Waals surface area contributed by atoms with Gasteiger partial charge in [0.25, 0.3) is 0 Å². The van der Waals surface area contributed by atoms with Crippen LogP contribution in [0.4, 0.5) is 5.82 Å². The summed E-state index contributed by atoms with van der Waals surface area (Å²) in [6, 6.07) is 0. The van der Waals surface area contributed by atoms with Crippen LogP contribution in [-0.4, -0.2) is 47.5 Å². The fraction of sp³-hybridized carbons (Fsp3) is 0.636. The van der Waals surface area contributed by atoms with Crippen LogP contribution in [0.3, 0.4) is 0 Å². The monoisotopic (exact) mass is 349 g/mol. The standard InChI is InChI=1S/C11H16IN3O2/c12-10-7-13-8-14-11(10)15-3-1-9(2-4-15)17-6-5-16/h7-9,16H,1-6H2. The molecule has 1 aliphatic heterocycles. The highest BCUT2D eigenvalue weighted by Crippen LogP contribution is 2.23. The lowest BCUT2D eigenvalue weighted by Gasteiger charge is -2.32. The SMILES string of the molecule is OCCOC1CCN(c2ncncc2I)CC1. The van der Waals surface area contributed by atoms with Gasteiger partial charge in [0.2, 0.25) is 0 Å². The summed E-state index contributed by atoms with van der Waals surface area (Å²) in [6.45, 7) is 2.44. The third kappa shape index (κ3) is 3.49. The summed E-state index contributed by atoms with van der Waals surface area (Å²) >= 11 is 2.26. The van der Waals surface area contributed by atoms with E-state index in [-0.39, 0.29) is 12.7 Å². The first-order valence-corrected chi connectivity index (χ1v) is 6.82. The molecule has 94 valence electrons. The van der Waals surface area contributed by atoms with Gasteiger partial charge >= 0.3 is 0 Å². The Labute approximate surface area is 114 Å². The normalized spacial score (nSPS) is 17.4. The lowest BCUT2D eigenvalue weighted by Crippen LogP contribution is -2.38. The van der Waals surface area contributed by atoms with Crippen molar-refractivity contribution in [2.45, 2.75) is 18.9 Å².